The Bertz CT molecular complexity index is 522. The van der Waals surface area contributed by atoms with Gasteiger partial charge in [-0.15, -0.1) is 0 Å². The van der Waals surface area contributed by atoms with Crippen molar-refractivity contribution < 1.29 is 18.2 Å². The molecule has 1 rings (SSSR count). The SMILES string of the molecule is CCO[Si](CCCN=Cc1cccc([N+](=O)[O-])c1)(OCC)OCC. The molecular formula is C16H26N2O5Si. The molecule has 0 aromatic heterocycles. The van der Waals surface area contributed by atoms with E-state index in [4.69, 9.17) is 13.3 Å². The molecule has 134 valence electrons. The van der Waals surface area contributed by atoms with Gasteiger partial charge in [-0.1, -0.05) is 12.1 Å². The fourth-order valence-corrected chi connectivity index (χ4v) is 4.87. The highest BCUT2D eigenvalue weighted by molar-refractivity contribution is 6.60. The maximum Gasteiger partial charge on any atom is 0.500 e. The highest BCUT2D eigenvalue weighted by atomic mass is 28.4. The van der Waals surface area contributed by atoms with Gasteiger partial charge in [-0.2, -0.15) is 0 Å². The molecule has 0 radical (unpaired) electrons. The Hall–Kier alpha value is -1.61. The molecule has 1 aromatic rings. The predicted molar refractivity (Wildman–Crippen MR) is 95.6 cm³/mol. The second-order valence-corrected chi connectivity index (χ2v) is 7.71. The van der Waals surface area contributed by atoms with Gasteiger partial charge in [-0.05, 0) is 32.8 Å². The zero-order valence-corrected chi connectivity index (χ0v) is 15.6. The first-order valence-corrected chi connectivity index (χ1v) is 10.2. The van der Waals surface area contributed by atoms with Gasteiger partial charge in [0.05, 0.1) is 4.92 Å². The van der Waals surface area contributed by atoms with Crippen LogP contribution in [0.1, 0.15) is 32.8 Å². The Morgan fingerprint density at radius 3 is 2.33 bits per heavy atom. The van der Waals surface area contributed by atoms with E-state index in [-0.39, 0.29) is 5.69 Å². The van der Waals surface area contributed by atoms with Crippen LogP contribution >= 0.6 is 0 Å². The van der Waals surface area contributed by atoms with Gasteiger partial charge in [0.2, 0.25) is 0 Å². The monoisotopic (exact) mass is 354 g/mol. The summed E-state index contributed by atoms with van der Waals surface area (Å²) in [5, 5.41) is 10.7. The minimum atomic E-state index is -2.61. The van der Waals surface area contributed by atoms with Crippen molar-refractivity contribution in [3.63, 3.8) is 0 Å². The van der Waals surface area contributed by atoms with Crippen molar-refractivity contribution in [1.29, 1.82) is 0 Å². The minimum absolute atomic E-state index is 0.0643. The third-order valence-electron chi connectivity index (χ3n) is 3.18. The predicted octanol–water partition coefficient (Wildman–Crippen LogP) is 3.45. The molecule has 0 bridgehead atoms. The van der Waals surface area contributed by atoms with Crippen molar-refractivity contribution in [2.24, 2.45) is 4.99 Å². The van der Waals surface area contributed by atoms with Crippen molar-refractivity contribution in [2.45, 2.75) is 33.2 Å². The Morgan fingerprint density at radius 2 is 1.79 bits per heavy atom. The number of nitro benzene ring substituents is 1. The standard InChI is InChI=1S/C16H26N2O5Si/c1-4-21-24(22-5-2,23-6-3)12-8-11-17-14-15-9-7-10-16(13-15)18(19)20/h7,9-10,13-14H,4-6,8,11-12H2,1-3H3. The molecule has 0 aliphatic carbocycles. The van der Waals surface area contributed by atoms with Crippen molar-refractivity contribution >= 4 is 20.7 Å². The fraction of sp³-hybridized carbons (Fsp3) is 0.562. The minimum Gasteiger partial charge on any atom is -0.374 e. The van der Waals surface area contributed by atoms with Gasteiger partial charge in [0.15, 0.2) is 0 Å². The van der Waals surface area contributed by atoms with Crippen LogP contribution in [0.5, 0.6) is 0 Å². The van der Waals surface area contributed by atoms with Crippen LogP contribution in [0.4, 0.5) is 5.69 Å². The van der Waals surface area contributed by atoms with Gasteiger partial charge < -0.3 is 13.3 Å². The highest BCUT2D eigenvalue weighted by Gasteiger charge is 2.39. The van der Waals surface area contributed by atoms with Crippen LogP contribution < -0.4 is 0 Å². The highest BCUT2D eigenvalue weighted by Crippen LogP contribution is 2.18. The second kappa shape index (κ2) is 11.0. The number of nitro groups is 1. The van der Waals surface area contributed by atoms with Gasteiger partial charge in [-0.3, -0.25) is 15.1 Å². The Balaban J connectivity index is 2.55. The summed E-state index contributed by atoms with van der Waals surface area (Å²) in [4.78, 5) is 14.7. The Labute approximate surface area is 144 Å². The lowest BCUT2D eigenvalue weighted by molar-refractivity contribution is -0.384. The number of non-ortho nitro benzene ring substituents is 1. The summed E-state index contributed by atoms with van der Waals surface area (Å²) < 4.78 is 17.4. The van der Waals surface area contributed by atoms with Crippen LogP contribution in [0.3, 0.4) is 0 Å². The zero-order chi connectivity index (χ0) is 17.8. The van der Waals surface area contributed by atoms with Gasteiger partial charge in [0.25, 0.3) is 5.69 Å². The van der Waals surface area contributed by atoms with Gasteiger partial charge in [0, 0.05) is 50.8 Å². The summed E-state index contributed by atoms with van der Waals surface area (Å²) in [6.45, 7) is 8.06. The van der Waals surface area contributed by atoms with Crippen LogP contribution in [0.15, 0.2) is 29.3 Å². The molecule has 0 saturated carbocycles. The van der Waals surface area contributed by atoms with Gasteiger partial charge >= 0.3 is 8.80 Å². The third-order valence-corrected chi connectivity index (χ3v) is 6.34. The van der Waals surface area contributed by atoms with E-state index in [2.05, 4.69) is 4.99 Å². The molecule has 0 aliphatic heterocycles. The first-order valence-electron chi connectivity index (χ1n) is 8.23. The Kier molecular flexibility index (Phi) is 9.39. The smallest absolute Gasteiger partial charge is 0.374 e. The second-order valence-electron chi connectivity index (χ2n) is 4.97. The van der Waals surface area contributed by atoms with Crippen LogP contribution in [-0.4, -0.2) is 46.3 Å². The zero-order valence-electron chi connectivity index (χ0n) is 14.6. The topological polar surface area (TPSA) is 83.2 Å². The van der Waals surface area contributed by atoms with E-state index >= 15 is 0 Å². The number of hydrogen-bond acceptors (Lipinski definition) is 6. The number of benzene rings is 1. The molecule has 8 heteroatoms. The lowest BCUT2D eigenvalue weighted by Crippen LogP contribution is -2.46. The average Bonchev–Trinajstić information content (AvgIpc) is 2.55. The summed E-state index contributed by atoms with van der Waals surface area (Å²) in [6.07, 6.45) is 2.43. The van der Waals surface area contributed by atoms with Crippen molar-refractivity contribution in [3.05, 3.63) is 39.9 Å². The van der Waals surface area contributed by atoms with Crippen molar-refractivity contribution in [3.8, 4) is 0 Å². The molecule has 24 heavy (non-hydrogen) atoms. The van der Waals surface area contributed by atoms with Crippen molar-refractivity contribution in [2.75, 3.05) is 26.4 Å². The Morgan fingerprint density at radius 1 is 1.17 bits per heavy atom. The number of rotatable bonds is 12. The lowest BCUT2D eigenvalue weighted by Gasteiger charge is -2.28. The third kappa shape index (κ3) is 6.87. The molecule has 0 atom stereocenters. The van der Waals surface area contributed by atoms with Crippen LogP contribution in [0.25, 0.3) is 0 Å². The van der Waals surface area contributed by atoms with Crippen LogP contribution in [0, 0.1) is 10.1 Å². The molecule has 0 saturated heterocycles. The molecule has 0 fully saturated rings. The normalized spacial score (nSPS) is 12.0. The molecular weight excluding hydrogens is 328 g/mol. The molecule has 0 unspecified atom stereocenters. The summed E-state index contributed by atoms with van der Waals surface area (Å²) >= 11 is 0. The molecule has 0 aliphatic rings. The maximum atomic E-state index is 10.7. The molecule has 0 spiro atoms. The summed E-state index contributed by atoms with van der Waals surface area (Å²) in [5.74, 6) is 0. The lowest BCUT2D eigenvalue weighted by atomic mass is 10.2. The van der Waals surface area contributed by atoms with E-state index in [0.717, 1.165) is 6.42 Å². The molecule has 7 nitrogen and oxygen atoms in total. The summed E-state index contributed by atoms with van der Waals surface area (Å²) in [6, 6.07) is 7.11. The summed E-state index contributed by atoms with van der Waals surface area (Å²) in [5.41, 5.74) is 0.779. The molecule has 0 heterocycles. The quantitative estimate of drug-likeness (QED) is 0.189. The van der Waals surface area contributed by atoms with E-state index in [0.29, 0.717) is 38.0 Å². The maximum absolute atomic E-state index is 10.7. The number of nitrogens with zero attached hydrogens (tertiary/aromatic N) is 2. The van der Waals surface area contributed by atoms with E-state index in [1.54, 1.807) is 18.3 Å². The van der Waals surface area contributed by atoms with E-state index < -0.39 is 13.7 Å². The largest absolute Gasteiger partial charge is 0.500 e. The molecule has 0 N–H and O–H groups in total. The van der Waals surface area contributed by atoms with Crippen LogP contribution in [-0.2, 0) is 13.3 Å². The fourth-order valence-electron chi connectivity index (χ4n) is 2.28. The van der Waals surface area contributed by atoms with E-state index in [1.807, 2.05) is 20.8 Å². The molecule has 1 aromatic carbocycles. The number of hydrogen-bond donors (Lipinski definition) is 0. The van der Waals surface area contributed by atoms with Gasteiger partial charge in [-0.25, -0.2) is 0 Å². The van der Waals surface area contributed by atoms with Gasteiger partial charge in [0.1, 0.15) is 0 Å². The first kappa shape index (κ1) is 20.4. The van der Waals surface area contributed by atoms with Crippen molar-refractivity contribution in [1.82, 2.24) is 0 Å². The van der Waals surface area contributed by atoms with E-state index in [1.165, 1.54) is 12.1 Å². The van der Waals surface area contributed by atoms with E-state index in [9.17, 15) is 10.1 Å². The summed E-state index contributed by atoms with van der Waals surface area (Å²) in [7, 11) is -2.61. The molecule has 0 amide bonds. The van der Waals surface area contributed by atoms with Crippen LogP contribution in [0.2, 0.25) is 6.04 Å². The first-order chi connectivity index (χ1) is 11.6. The number of aliphatic imine (C=N–C) groups is 1. The average molecular weight is 354 g/mol.